The fourth-order valence-electron chi connectivity index (χ4n) is 3.50. The smallest absolute Gasteiger partial charge is 0.232 e. The van der Waals surface area contributed by atoms with Gasteiger partial charge in [-0.2, -0.15) is 4.98 Å². The van der Waals surface area contributed by atoms with Gasteiger partial charge in [-0.05, 0) is 47.5 Å². The van der Waals surface area contributed by atoms with E-state index in [1.54, 1.807) is 13.3 Å². The Morgan fingerprint density at radius 3 is 2.89 bits per heavy atom. The lowest BCUT2D eigenvalue weighted by molar-refractivity contribution is 0.241. The molecule has 0 spiro atoms. The van der Waals surface area contributed by atoms with Crippen LogP contribution in [0.25, 0.3) is 0 Å². The largest absolute Gasteiger partial charge is 0.480 e. The van der Waals surface area contributed by atoms with Gasteiger partial charge in [-0.25, -0.2) is 4.98 Å². The normalized spacial score (nSPS) is 26.9. The minimum absolute atomic E-state index is 0.628. The molecule has 4 nitrogen and oxygen atoms in total. The van der Waals surface area contributed by atoms with Crippen molar-refractivity contribution in [1.82, 2.24) is 9.97 Å². The van der Waals surface area contributed by atoms with Crippen molar-refractivity contribution in [2.45, 2.75) is 44.6 Å². The Morgan fingerprint density at radius 1 is 1.26 bits per heavy atom. The Hall–Kier alpha value is -0.840. The minimum atomic E-state index is 0.628. The molecule has 1 saturated heterocycles. The Kier molecular flexibility index (Phi) is 3.91. The molecule has 2 atom stereocenters. The molecular weight excluding hydrogens is 306 g/mol. The molecule has 0 aromatic carbocycles. The molecule has 0 bridgehead atoms. The van der Waals surface area contributed by atoms with Gasteiger partial charge < -0.3 is 9.64 Å². The van der Waals surface area contributed by atoms with Gasteiger partial charge in [0.2, 0.25) is 11.8 Å². The predicted octanol–water partition coefficient (Wildman–Crippen LogP) is 3.41. The predicted molar refractivity (Wildman–Crippen MR) is 78.6 cm³/mol. The van der Waals surface area contributed by atoms with Crippen molar-refractivity contribution in [3.8, 4) is 5.88 Å². The molecule has 2 aliphatic rings. The summed E-state index contributed by atoms with van der Waals surface area (Å²) in [4.78, 5) is 11.4. The van der Waals surface area contributed by atoms with Crippen LogP contribution in [-0.4, -0.2) is 29.7 Å². The van der Waals surface area contributed by atoms with E-state index in [4.69, 9.17) is 4.74 Å². The Balaban J connectivity index is 1.87. The number of hydrogen-bond acceptors (Lipinski definition) is 4. The van der Waals surface area contributed by atoms with Crippen LogP contribution in [0.5, 0.6) is 5.88 Å². The van der Waals surface area contributed by atoms with Crippen molar-refractivity contribution >= 4 is 21.9 Å². The van der Waals surface area contributed by atoms with Gasteiger partial charge in [0.15, 0.2) is 0 Å². The second-order valence-electron chi connectivity index (χ2n) is 5.47. The second kappa shape index (κ2) is 5.65. The van der Waals surface area contributed by atoms with Crippen molar-refractivity contribution in [1.29, 1.82) is 0 Å². The van der Waals surface area contributed by atoms with Gasteiger partial charge >= 0.3 is 0 Å². The van der Waals surface area contributed by atoms with Gasteiger partial charge in [0, 0.05) is 12.6 Å². The number of ether oxygens (including phenoxy) is 1. The van der Waals surface area contributed by atoms with Crippen molar-refractivity contribution in [2.75, 3.05) is 18.6 Å². The average molecular weight is 326 g/mol. The molecule has 5 heteroatoms. The maximum absolute atomic E-state index is 5.29. The van der Waals surface area contributed by atoms with Crippen LogP contribution in [0.15, 0.2) is 10.7 Å². The number of rotatable bonds is 2. The number of hydrogen-bond donors (Lipinski definition) is 0. The molecule has 0 amide bonds. The minimum Gasteiger partial charge on any atom is -0.480 e. The monoisotopic (exact) mass is 325 g/mol. The molecule has 1 aliphatic carbocycles. The summed E-state index contributed by atoms with van der Waals surface area (Å²) in [5, 5.41) is 0. The molecule has 1 saturated carbocycles. The molecule has 1 aromatic heterocycles. The first-order chi connectivity index (χ1) is 9.29. The van der Waals surface area contributed by atoms with E-state index in [0.717, 1.165) is 22.9 Å². The van der Waals surface area contributed by atoms with Gasteiger partial charge in [-0.1, -0.05) is 12.8 Å². The summed E-state index contributed by atoms with van der Waals surface area (Å²) < 4.78 is 6.10. The first-order valence-corrected chi connectivity index (χ1v) is 7.92. The van der Waals surface area contributed by atoms with Crippen LogP contribution in [0.2, 0.25) is 0 Å². The molecule has 104 valence electrons. The van der Waals surface area contributed by atoms with E-state index < -0.39 is 0 Å². The van der Waals surface area contributed by atoms with Gasteiger partial charge in [0.05, 0.1) is 17.8 Å². The number of anilines is 1. The quantitative estimate of drug-likeness (QED) is 0.835. The molecule has 1 aliphatic heterocycles. The average Bonchev–Trinajstić information content (AvgIpc) is 2.47. The zero-order chi connectivity index (χ0) is 13.2. The third kappa shape index (κ3) is 2.57. The van der Waals surface area contributed by atoms with Gasteiger partial charge in [-0.3, -0.25) is 0 Å². The Bertz CT molecular complexity index is 452. The van der Waals surface area contributed by atoms with Crippen molar-refractivity contribution in [2.24, 2.45) is 5.92 Å². The number of halogens is 1. The number of aromatic nitrogens is 2. The summed E-state index contributed by atoms with van der Waals surface area (Å²) in [6.45, 7) is 1.08. The van der Waals surface area contributed by atoms with Crippen molar-refractivity contribution in [3.63, 3.8) is 0 Å². The molecule has 0 unspecified atom stereocenters. The van der Waals surface area contributed by atoms with Gasteiger partial charge in [0.25, 0.3) is 0 Å². The lowest BCUT2D eigenvalue weighted by Gasteiger charge is -2.44. The van der Waals surface area contributed by atoms with E-state index in [2.05, 4.69) is 30.8 Å². The van der Waals surface area contributed by atoms with Crippen molar-refractivity contribution in [3.05, 3.63) is 10.7 Å². The van der Waals surface area contributed by atoms with Crippen LogP contribution in [0, 0.1) is 5.92 Å². The lowest BCUT2D eigenvalue weighted by atomic mass is 9.78. The maximum atomic E-state index is 5.29. The summed E-state index contributed by atoms with van der Waals surface area (Å²) in [6, 6.07) is 0.633. The van der Waals surface area contributed by atoms with E-state index in [1.165, 1.54) is 38.5 Å². The van der Waals surface area contributed by atoms with Crippen LogP contribution in [0.1, 0.15) is 38.5 Å². The third-order valence-corrected chi connectivity index (χ3v) is 4.94. The zero-order valence-electron chi connectivity index (χ0n) is 11.3. The first kappa shape index (κ1) is 13.2. The summed E-state index contributed by atoms with van der Waals surface area (Å²) in [5.74, 6) is 2.29. The van der Waals surface area contributed by atoms with E-state index in [1.807, 2.05) is 0 Å². The first-order valence-electron chi connectivity index (χ1n) is 7.13. The van der Waals surface area contributed by atoms with E-state index in [9.17, 15) is 0 Å². The highest BCUT2D eigenvalue weighted by Gasteiger charge is 2.34. The Labute approximate surface area is 122 Å². The highest BCUT2D eigenvalue weighted by molar-refractivity contribution is 9.10. The molecule has 2 fully saturated rings. The van der Waals surface area contributed by atoms with E-state index in [0.29, 0.717) is 11.9 Å². The van der Waals surface area contributed by atoms with Crippen LogP contribution in [0.4, 0.5) is 5.95 Å². The fourth-order valence-corrected chi connectivity index (χ4v) is 3.85. The third-order valence-electron chi connectivity index (χ3n) is 4.39. The second-order valence-corrected chi connectivity index (χ2v) is 6.33. The van der Waals surface area contributed by atoms with Crippen molar-refractivity contribution < 1.29 is 4.74 Å². The van der Waals surface area contributed by atoms with Crippen LogP contribution in [0.3, 0.4) is 0 Å². The SMILES string of the molecule is COc1nc(N2CCC[C@H]3CCCC[C@H]32)ncc1Br. The highest BCUT2D eigenvalue weighted by Crippen LogP contribution is 2.37. The molecule has 0 radical (unpaired) electrons. The maximum Gasteiger partial charge on any atom is 0.232 e. The number of methoxy groups -OCH3 is 1. The molecule has 2 heterocycles. The standard InChI is InChI=1S/C14H20BrN3O/c1-19-13-11(15)9-16-14(17-13)18-8-4-6-10-5-2-3-7-12(10)18/h9-10,12H,2-8H2,1H3/t10-,12-/m1/s1. The van der Waals surface area contributed by atoms with E-state index >= 15 is 0 Å². The lowest BCUT2D eigenvalue weighted by Crippen LogP contribution is -2.47. The topological polar surface area (TPSA) is 38.2 Å². The summed E-state index contributed by atoms with van der Waals surface area (Å²) >= 11 is 3.41. The molecular formula is C14H20BrN3O. The molecule has 0 N–H and O–H groups in total. The number of nitrogens with zero attached hydrogens (tertiary/aromatic N) is 3. The van der Waals surface area contributed by atoms with E-state index in [-0.39, 0.29) is 0 Å². The molecule has 3 rings (SSSR count). The summed E-state index contributed by atoms with van der Waals surface area (Å²) in [7, 11) is 1.65. The summed E-state index contributed by atoms with van der Waals surface area (Å²) in [5.41, 5.74) is 0. The van der Waals surface area contributed by atoms with Crippen LogP contribution < -0.4 is 9.64 Å². The molecule has 19 heavy (non-hydrogen) atoms. The zero-order valence-corrected chi connectivity index (χ0v) is 12.9. The Morgan fingerprint density at radius 2 is 2.05 bits per heavy atom. The summed E-state index contributed by atoms with van der Waals surface area (Å²) in [6.07, 6.45) is 9.80. The number of fused-ring (bicyclic) bond motifs is 1. The fraction of sp³-hybridized carbons (Fsp3) is 0.714. The van der Waals surface area contributed by atoms with Gasteiger partial charge in [-0.15, -0.1) is 0 Å². The number of piperidine rings is 1. The van der Waals surface area contributed by atoms with Crippen LogP contribution in [-0.2, 0) is 0 Å². The highest BCUT2D eigenvalue weighted by atomic mass is 79.9. The van der Waals surface area contributed by atoms with Gasteiger partial charge in [0.1, 0.15) is 0 Å². The molecule has 1 aromatic rings. The van der Waals surface area contributed by atoms with Crippen LogP contribution >= 0.6 is 15.9 Å².